The zero-order chi connectivity index (χ0) is 39.2. The number of fused-ring (bicyclic) bond motifs is 6. The fourth-order valence-corrected chi connectivity index (χ4v) is 9.66. The smallest absolute Gasteiger partial charge is 0.0711 e. The van der Waals surface area contributed by atoms with E-state index in [0.29, 0.717) is 0 Å². The predicted molar refractivity (Wildman–Crippen MR) is 250 cm³/mol. The summed E-state index contributed by atoms with van der Waals surface area (Å²) in [5.41, 5.74) is 15.2. The fraction of sp³-hybridized carbons (Fsp3) is 0.0345. The zero-order valence-corrected chi connectivity index (χ0v) is 32.7. The van der Waals surface area contributed by atoms with Crippen LogP contribution in [0.25, 0.3) is 54.9 Å². The van der Waals surface area contributed by atoms with Crippen molar-refractivity contribution >= 4 is 38.6 Å². The molecule has 278 valence electrons. The molecule has 0 heterocycles. The Hall–Kier alpha value is -7.48. The van der Waals surface area contributed by atoms with Crippen LogP contribution in [0.1, 0.15) is 23.1 Å². The summed E-state index contributed by atoms with van der Waals surface area (Å²) in [6.07, 6.45) is 12.3. The molecule has 0 spiro atoms. The van der Waals surface area contributed by atoms with Crippen LogP contribution in [-0.4, -0.2) is 0 Å². The van der Waals surface area contributed by atoms with Gasteiger partial charge in [-0.05, 0) is 126 Å². The molecule has 0 bridgehead atoms. The Balaban J connectivity index is 1.20. The molecule has 9 aromatic rings. The molecule has 0 saturated heterocycles. The highest BCUT2D eigenvalue weighted by Crippen LogP contribution is 2.58. The molecule has 2 aliphatic rings. The Labute approximate surface area is 346 Å². The Morgan fingerprint density at radius 3 is 1.78 bits per heavy atom. The number of benzene rings is 9. The van der Waals surface area contributed by atoms with Crippen molar-refractivity contribution < 1.29 is 0 Å². The molecule has 0 radical (unpaired) electrons. The first-order chi connectivity index (χ1) is 29.3. The number of hydrogen-bond acceptors (Lipinski definition) is 1. The van der Waals surface area contributed by atoms with Crippen molar-refractivity contribution in [1.82, 2.24) is 0 Å². The van der Waals surface area contributed by atoms with E-state index in [1.807, 2.05) is 0 Å². The van der Waals surface area contributed by atoms with Gasteiger partial charge in [0.15, 0.2) is 0 Å². The van der Waals surface area contributed by atoms with Gasteiger partial charge in [0, 0.05) is 17.1 Å². The largest absolute Gasteiger partial charge is 0.310 e. The van der Waals surface area contributed by atoms with Gasteiger partial charge < -0.3 is 4.90 Å². The second kappa shape index (κ2) is 14.5. The van der Waals surface area contributed by atoms with Gasteiger partial charge in [-0.3, -0.25) is 0 Å². The van der Waals surface area contributed by atoms with Gasteiger partial charge >= 0.3 is 0 Å². The molecule has 1 atom stereocenters. The maximum Gasteiger partial charge on any atom is 0.0711 e. The van der Waals surface area contributed by atoms with E-state index in [1.165, 1.54) is 77.2 Å². The summed E-state index contributed by atoms with van der Waals surface area (Å²) in [6.45, 7) is 0. The Morgan fingerprint density at radius 1 is 0.390 bits per heavy atom. The quantitative estimate of drug-likeness (QED) is 0.147. The highest BCUT2D eigenvalue weighted by atomic mass is 15.1. The third kappa shape index (κ3) is 5.86. The first kappa shape index (κ1) is 34.7. The molecule has 0 N–H and O–H groups in total. The summed E-state index contributed by atoms with van der Waals surface area (Å²) in [4.78, 5) is 2.48. The molecule has 1 unspecified atom stereocenters. The van der Waals surface area contributed by atoms with Crippen molar-refractivity contribution in [2.75, 3.05) is 4.90 Å². The minimum atomic E-state index is -0.513. The highest BCUT2D eigenvalue weighted by molar-refractivity contribution is 6.08. The normalized spacial score (nSPS) is 15.4. The molecule has 1 nitrogen and oxygen atoms in total. The van der Waals surface area contributed by atoms with E-state index in [4.69, 9.17) is 0 Å². The summed E-state index contributed by atoms with van der Waals surface area (Å²) < 4.78 is 0. The van der Waals surface area contributed by atoms with Crippen molar-refractivity contribution in [3.63, 3.8) is 0 Å². The van der Waals surface area contributed by atoms with Gasteiger partial charge in [-0.2, -0.15) is 0 Å². The van der Waals surface area contributed by atoms with E-state index >= 15 is 0 Å². The van der Waals surface area contributed by atoms with Gasteiger partial charge in [-0.25, -0.2) is 0 Å². The topological polar surface area (TPSA) is 3.24 Å². The average Bonchev–Trinajstić information content (AvgIpc) is 3.40. The number of anilines is 3. The van der Waals surface area contributed by atoms with Crippen molar-refractivity contribution in [2.45, 2.75) is 11.8 Å². The van der Waals surface area contributed by atoms with Crippen molar-refractivity contribution in [1.29, 1.82) is 0 Å². The molecule has 59 heavy (non-hydrogen) atoms. The minimum Gasteiger partial charge on any atom is -0.310 e. The first-order valence-corrected chi connectivity index (χ1v) is 20.6. The monoisotopic (exact) mass is 751 g/mol. The van der Waals surface area contributed by atoms with Gasteiger partial charge in [0.05, 0.1) is 5.41 Å². The van der Waals surface area contributed by atoms with Gasteiger partial charge in [-0.15, -0.1) is 0 Å². The maximum absolute atomic E-state index is 2.48. The molecule has 0 amide bonds. The minimum absolute atomic E-state index is 0.513. The molecule has 1 heteroatoms. The standard InChI is InChI=1S/C58H41N/c1-2-11-24-47(23-10-1)58(48-25-12-5-13-26-48)56-29-17-16-28-54(56)55-35-33-50(40-57(55)58)59(49-32-34-53-44(37-49)31-30-43-22-14-15-27-52(43)53)51-38-45(41-18-6-3-7-19-41)36-46(39-51)42-20-8-4-9-21-42/h1-10,12-40H,11H2. The molecule has 0 aromatic heterocycles. The molecule has 0 aliphatic heterocycles. The highest BCUT2D eigenvalue weighted by Gasteiger charge is 2.47. The lowest BCUT2D eigenvalue weighted by Gasteiger charge is -2.36. The van der Waals surface area contributed by atoms with Crippen molar-refractivity contribution in [2.24, 2.45) is 0 Å². The van der Waals surface area contributed by atoms with E-state index in [-0.39, 0.29) is 0 Å². The molecule has 0 saturated carbocycles. The van der Waals surface area contributed by atoms with Crippen LogP contribution in [0, 0.1) is 0 Å². The van der Waals surface area contributed by atoms with Gasteiger partial charge in [0.1, 0.15) is 0 Å². The average molecular weight is 752 g/mol. The van der Waals surface area contributed by atoms with E-state index < -0.39 is 5.41 Å². The lowest BCUT2D eigenvalue weighted by molar-refractivity contribution is 0.763. The van der Waals surface area contributed by atoms with E-state index in [0.717, 1.165) is 23.5 Å². The van der Waals surface area contributed by atoms with Crippen LogP contribution < -0.4 is 4.90 Å². The molecule has 11 rings (SSSR count). The summed E-state index contributed by atoms with van der Waals surface area (Å²) >= 11 is 0. The second-order valence-corrected chi connectivity index (χ2v) is 15.6. The van der Waals surface area contributed by atoms with Crippen molar-refractivity contribution in [3.8, 4) is 33.4 Å². The zero-order valence-electron chi connectivity index (χ0n) is 32.7. The molecular formula is C58H41N. The van der Waals surface area contributed by atoms with Crippen LogP contribution in [0.3, 0.4) is 0 Å². The first-order valence-electron chi connectivity index (χ1n) is 20.6. The Morgan fingerprint density at radius 2 is 1.00 bits per heavy atom. The van der Waals surface area contributed by atoms with Crippen LogP contribution in [0.4, 0.5) is 17.1 Å². The van der Waals surface area contributed by atoms with Crippen LogP contribution in [0.5, 0.6) is 0 Å². The number of hydrogen-bond donors (Lipinski definition) is 0. The fourth-order valence-electron chi connectivity index (χ4n) is 9.66. The second-order valence-electron chi connectivity index (χ2n) is 15.6. The van der Waals surface area contributed by atoms with E-state index in [2.05, 4.69) is 242 Å². The van der Waals surface area contributed by atoms with Crippen LogP contribution >= 0.6 is 0 Å². The Bertz CT molecular complexity index is 3060. The molecular weight excluding hydrogens is 711 g/mol. The molecule has 0 fully saturated rings. The third-order valence-electron chi connectivity index (χ3n) is 12.3. The SMILES string of the molecule is C1=CCC=C(C2(c3ccccc3)c3ccccc3-c3ccc(N(c4cc(-c5ccccc5)cc(-c5ccccc5)c4)c4ccc5c(ccc6ccccc65)c4)cc32)C=C1. The summed E-state index contributed by atoms with van der Waals surface area (Å²) in [7, 11) is 0. The van der Waals surface area contributed by atoms with E-state index in [1.54, 1.807) is 0 Å². The lowest BCUT2D eigenvalue weighted by Crippen LogP contribution is -2.29. The molecule has 9 aromatic carbocycles. The van der Waals surface area contributed by atoms with Crippen LogP contribution in [-0.2, 0) is 5.41 Å². The van der Waals surface area contributed by atoms with Gasteiger partial charge in [-0.1, -0.05) is 194 Å². The number of nitrogens with zero attached hydrogens (tertiary/aromatic N) is 1. The van der Waals surface area contributed by atoms with Gasteiger partial charge in [0.25, 0.3) is 0 Å². The number of rotatable bonds is 7. The Kier molecular flexibility index (Phi) is 8.52. The predicted octanol–water partition coefficient (Wildman–Crippen LogP) is 15.6. The summed E-state index contributed by atoms with van der Waals surface area (Å²) in [5.74, 6) is 0. The van der Waals surface area contributed by atoms with Crippen molar-refractivity contribution in [3.05, 3.63) is 259 Å². The summed E-state index contributed by atoms with van der Waals surface area (Å²) in [6, 6.07) is 76.1. The summed E-state index contributed by atoms with van der Waals surface area (Å²) in [5, 5.41) is 4.98. The molecule has 2 aliphatic carbocycles. The number of allylic oxidation sites excluding steroid dienone is 6. The lowest BCUT2D eigenvalue weighted by atomic mass is 9.67. The maximum atomic E-state index is 2.48. The van der Waals surface area contributed by atoms with Crippen LogP contribution in [0.2, 0.25) is 0 Å². The van der Waals surface area contributed by atoms with Crippen LogP contribution in [0.15, 0.2) is 242 Å². The van der Waals surface area contributed by atoms with Gasteiger partial charge in [0.2, 0.25) is 0 Å². The van der Waals surface area contributed by atoms with E-state index in [9.17, 15) is 0 Å². The third-order valence-corrected chi connectivity index (χ3v) is 12.3.